The molecule has 86 valence electrons. The molecule has 6 heteroatoms. The predicted molar refractivity (Wildman–Crippen MR) is 61.2 cm³/mol. The standard InChI is InChI=1S/C10H9BrO4S/c11-7-1-2-8-6(3-10(12)13)5-16(14,15)9(8)4-7/h1-2,4,6H,3,5H2,(H,12,13). The summed E-state index contributed by atoms with van der Waals surface area (Å²) in [6, 6.07) is 4.94. The summed E-state index contributed by atoms with van der Waals surface area (Å²) in [5.41, 5.74) is 0.616. The maximum absolute atomic E-state index is 11.8. The smallest absolute Gasteiger partial charge is 0.303 e. The van der Waals surface area contributed by atoms with Gasteiger partial charge in [0.1, 0.15) is 0 Å². The van der Waals surface area contributed by atoms with Crippen molar-refractivity contribution in [1.82, 2.24) is 0 Å². The Morgan fingerprint density at radius 3 is 2.81 bits per heavy atom. The first kappa shape index (κ1) is 11.6. The molecule has 1 aromatic rings. The van der Waals surface area contributed by atoms with Crippen LogP contribution in [0.3, 0.4) is 0 Å². The van der Waals surface area contributed by atoms with Crippen LogP contribution in [-0.4, -0.2) is 25.2 Å². The Labute approximate surface area is 101 Å². The molecule has 2 rings (SSSR count). The Kier molecular flexibility index (Phi) is 2.79. The largest absolute Gasteiger partial charge is 0.481 e. The van der Waals surface area contributed by atoms with Crippen LogP contribution in [0.2, 0.25) is 0 Å². The van der Waals surface area contributed by atoms with Crippen molar-refractivity contribution in [1.29, 1.82) is 0 Å². The molecule has 1 heterocycles. The molecule has 0 bridgehead atoms. The number of hydrogen-bond acceptors (Lipinski definition) is 3. The first-order chi connectivity index (χ1) is 7.40. The third kappa shape index (κ3) is 1.99. The molecule has 0 saturated heterocycles. The molecule has 0 saturated carbocycles. The average molecular weight is 305 g/mol. The van der Waals surface area contributed by atoms with E-state index in [0.717, 1.165) is 0 Å². The number of carboxylic acids is 1. The number of hydrogen-bond donors (Lipinski definition) is 1. The highest BCUT2D eigenvalue weighted by Gasteiger charge is 2.35. The van der Waals surface area contributed by atoms with E-state index in [1.165, 1.54) is 6.07 Å². The summed E-state index contributed by atoms with van der Waals surface area (Å²) >= 11 is 3.21. The fourth-order valence-corrected chi connectivity index (χ4v) is 4.36. The van der Waals surface area contributed by atoms with E-state index in [2.05, 4.69) is 15.9 Å². The molecule has 0 spiro atoms. The average Bonchev–Trinajstić information content (AvgIpc) is 2.37. The fraction of sp³-hybridized carbons (Fsp3) is 0.300. The van der Waals surface area contributed by atoms with Crippen LogP contribution in [0.5, 0.6) is 0 Å². The molecule has 0 aliphatic carbocycles. The number of sulfone groups is 1. The predicted octanol–water partition coefficient (Wildman–Crippen LogP) is 1.79. The van der Waals surface area contributed by atoms with Crippen molar-refractivity contribution in [2.24, 2.45) is 0 Å². The fourth-order valence-electron chi connectivity index (χ4n) is 1.94. The maximum atomic E-state index is 11.8. The SMILES string of the molecule is O=C(O)CC1CS(=O)(=O)c2cc(Br)ccc21. The van der Waals surface area contributed by atoms with Gasteiger partial charge in [0.25, 0.3) is 0 Å². The van der Waals surface area contributed by atoms with Gasteiger partial charge in [-0.3, -0.25) is 4.79 Å². The highest BCUT2D eigenvalue weighted by Crippen LogP contribution is 2.38. The molecule has 0 radical (unpaired) electrons. The van der Waals surface area contributed by atoms with E-state index >= 15 is 0 Å². The summed E-state index contributed by atoms with van der Waals surface area (Å²) in [4.78, 5) is 10.9. The first-order valence-corrected chi connectivity index (χ1v) is 7.08. The Hall–Kier alpha value is -0.880. The van der Waals surface area contributed by atoms with Crippen molar-refractivity contribution in [2.45, 2.75) is 17.2 Å². The van der Waals surface area contributed by atoms with Crippen LogP contribution in [0.4, 0.5) is 0 Å². The van der Waals surface area contributed by atoms with Crippen LogP contribution in [0, 0.1) is 0 Å². The Balaban J connectivity index is 2.51. The van der Waals surface area contributed by atoms with E-state index in [1.807, 2.05) is 0 Å². The second-order valence-corrected chi connectivity index (χ2v) is 6.68. The summed E-state index contributed by atoms with van der Waals surface area (Å²) in [6.07, 6.45) is -0.145. The molecule has 1 atom stereocenters. The number of benzene rings is 1. The van der Waals surface area contributed by atoms with Crippen molar-refractivity contribution in [2.75, 3.05) is 5.75 Å². The van der Waals surface area contributed by atoms with Crippen LogP contribution in [0.25, 0.3) is 0 Å². The van der Waals surface area contributed by atoms with Gasteiger partial charge in [-0.2, -0.15) is 0 Å². The number of aliphatic carboxylic acids is 1. The summed E-state index contributed by atoms with van der Waals surface area (Å²) < 4.78 is 24.3. The topological polar surface area (TPSA) is 71.4 Å². The van der Waals surface area contributed by atoms with Crippen LogP contribution in [-0.2, 0) is 14.6 Å². The lowest BCUT2D eigenvalue weighted by atomic mass is 9.98. The molecule has 0 aromatic heterocycles. The van der Waals surface area contributed by atoms with E-state index < -0.39 is 21.7 Å². The molecule has 1 aliphatic heterocycles. The number of carboxylic acid groups (broad SMARTS) is 1. The van der Waals surface area contributed by atoms with Gasteiger partial charge >= 0.3 is 5.97 Å². The van der Waals surface area contributed by atoms with Gasteiger partial charge < -0.3 is 5.11 Å². The minimum Gasteiger partial charge on any atom is -0.481 e. The highest BCUT2D eigenvalue weighted by molar-refractivity contribution is 9.10. The number of rotatable bonds is 2. The van der Waals surface area contributed by atoms with E-state index in [0.29, 0.717) is 10.0 Å². The van der Waals surface area contributed by atoms with Crippen LogP contribution >= 0.6 is 15.9 Å². The van der Waals surface area contributed by atoms with Gasteiger partial charge in [0.15, 0.2) is 9.84 Å². The molecule has 0 fully saturated rings. The van der Waals surface area contributed by atoms with Crippen molar-refractivity contribution in [3.63, 3.8) is 0 Å². The van der Waals surface area contributed by atoms with E-state index in [-0.39, 0.29) is 17.1 Å². The van der Waals surface area contributed by atoms with Gasteiger partial charge in [-0.15, -0.1) is 0 Å². The maximum Gasteiger partial charge on any atom is 0.303 e. The summed E-state index contributed by atoms with van der Waals surface area (Å²) in [5, 5.41) is 8.72. The zero-order valence-electron chi connectivity index (χ0n) is 8.18. The Bertz CT molecular complexity index is 550. The molecule has 1 aliphatic rings. The lowest BCUT2D eigenvalue weighted by Gasteiger charge is -2.05. The van der Waals surface area contributed by atoms with Gasteiger partial charge in [-0.05, 0) is 17.7 Å². The van der Waals surface area contributed by atoms with Crippen LogP contribution in [0.15, 0.2) is 27.6 Å². The van der Waals surface area contributed by atoms with Crippen LogP contribution < -0.4 is 0 Å². The van der Waals surface area contributed by atoms with E-state index in [4.69, 9.17) is 5.11 Å². The number of halogens is 1. The zero-order chi connectivity index (χ0) is 11.9. The molecular formula is C10H9BrO4S. The molecule has 1 N–H and O–H groups in total. The zero-order valence-corrected chi connectivity index (χ0v) is 10.6. The lowest BCUT2D eigenvalue weighted by molar-refractivity contribution is -0.137. The van der Waals surface area contributed by atoms with Crippen molar-refractivity contribution in [3.05, 3.63) is 28.2 Å². The van der Waals surface area contributed by atoms with Gasteiger partial charge in [-0.25, -0.2) is 8.42 Å². The second kappa shape index (κ2) is 3.85. The van der Waals surface area contributed by atoms with Crippen molar-refractivity contribution < 1.29 is 18.3 Å². The Morgan fingerprint density at radius 2 is 2.19 bits per heavy atom. The molecule has 16 heavy (non-hydrogen) atoms. The van der Waals surface area contributed by atoms with Crippen molar-refractivity contribution in [3.8, 4) is 0 Å². The monoisotopic (exact) mass is 304 g/mol. The van der Waals surface area contributed by atoms with Gasteiger partial charge in [-0.1, -0.05) is 22.0 Å². The minimum absolute atomic E-state index is 0.106. The number of carbonyl (C=O) groups is 1. The number of fused-ring (bicyclic) bond motifs is 1. The molecule has 1 unspecified atom stereocenters. The minimum atomic E-state index is -3.32. The van der Waals surface area contributed by atoms with Gasteiger partial charge in [0, 0.05) is 10.4 Å². The summed E-state index contributed by atoms with van der Waals surface area (Å²) in [7, 11) is -3.32. The summed E-state index contributed by atoms with van der Waals surface area (Å²) in [6.45, 7) is 0. The van der Waals surface area contributed by atoms with Gasteiger partial charge in [0.05, 0.1) is 17.1 Å². The van der Waals surface area contributed by atoms with Gasteiger partial charge in [0.2, 0.25) is 0 Å². The second-order valence-electron chi connectivity index (χ2n) is 3.76. The Morgan fingerprint density at radius 1 is 1.50 bits per heavy atom. The van der Waals surface area contributed by atoms with E-state index in [9.17, 15) is 13.2 Å². The quantitative estimate of drug-likeness (QED) is 0.904. The third-order valence-corrected chi connectivity index (χ3v) is 4.95. The lowest BCUT2D eigenvalue weighted by Crippen LogP contribution is -2.08. The van der Waals surface area contributed by atoms with E-state index in [1.54, 1.807) is 12.1 Å². The molecular weight excluding hydrogens is 296 g/mol. The first-order valence-electron chi connectivity index (χ1n) is 4.64. The molecule has 1 aromatic carbocycles. The van der Waals surface area contributed by atoms with Crippen LogP contribution in [0.1, 0.15) is 17.9 Å². The van der Waals surface area contributed by atoms with Crippen molar-refractivity contribution >= 4 is 31.7 Å². The normalized spacial score (nSPS) is 21.7. The molecule has 4 nitrogen and oxygen atoms in total. The highest BCUT2D eigenvalue weighted by atomic mass is 79.9. The summed E-state index contributed by atoms with van der Waals surface area (Å²) in [5.74, 6) is -1.51. The third-order valence-electron chi connectivity index (χ3n) is 2.59. The molecule has 0 amide bonds.